The summed E-state index contributed by atoms with van der Waals surface area (Å²) >= 11 is 0. The van der Waals surface area contributed by atoms with Gasteiger partial charge in [0.05, 0.1) is 0 Å². The third-order valence-electron chi connectivity index (χ3n) is 1.28. The summed E-state index contributed by atoms with van der Waals surface area (Å²) < 4.78 is 0. The summed E-state index contributed by atoms with van der Waals surface area (Å²) in [7, 11) is 3.64. The molecule has 0 saturated heterocycles. The standard InChI is InChI=1S/C8H16O2S2/c1-2-3-6-11-12-7-4-5-8(9)10/h2-7H2,1H3,(H,9,10). The molecule has 12 heavy (non-hydrogen) atoms. The van der Waals surface area contributed by atoms with Gasteiger partial charge < -0.3 is 5.11 Å². The summed E-state index contributed by atoms with van der Waals surface area (Å²) in [6, 6.07) is 0. The predicted molar refractivity (Wildman–Crippen MR) is 56.7 cm³/mol. The summed E-state index contributed by atoms with van der Waals surface area (Å²) in [4.78, 5) is 10.1. The number of unbranched alkanes of at least 4 members (excludes halogenated alkanes) is 1. The molecular formula is C8H16O2S2. The van der Waals surface area contributed by atoms with Crippen LogP contribution in [0.2, 0.25) is 0 Å². The lowest BCUT2D eigenvalue weighted by atomic mass is 10.3. The van der Waals surface area contributed by atoms with Crippen LogP contribution in [-0.2, 0) is 4.79 Å². The van der Waals surface area contributed by atoms with Crippen molar-refractivity contribution in [3.8, 4) is 0 Å². The first-order valence-electron chi connectivity index (χ1n) is 4.23. The molecule has 72 valence electrons. The van der Waals surface area contributed by atoms with E-state index in [2.05, 4.69) is 6.92 Å². The van der Waals surface area contributed by atoms with Gasteiger partial charge in [0.1, 0.15) is 0 Å². The molecule has 0 aliphatic rings. The SMILES string of the molecule is CCCCSSCCCC(=O)O. The zero-order valence-corrected chi connectivity index (χ0v) is 9.05. The fourth-order valence-corrected chi connectivity index (χ4v) is 2.92. The average molecular weight is 208 g/mol. The van der Waals surface area contributed by atoms with Crippen LogP contribution >= 0.6 is 21.6 Å². The monoisotopic (exact) mass is 208 g/mol. The lowest BCUT2D eigenvalue weighted by molar-refractivity contribution is -0.137. The van der Waals surface area contributed by atoms with Gasteiger partial charge >= 0.3 is 5.97 Å². The van der Waals surface area contributed by atoms with Crippen LogP contribution in [0, 0.1) is 0 Å². The van der Waals surface area contributed by atoms with E-state index in [9.17, 15) is 4.79 Å². The largest absolute Gasteiger partial charge is 0.481 e. The molecule has 0 spiro atoms. The minimum Gasteiger partial charge on any atom is -0.481 e. The molecule has 0 saturated carbocycles. The number of carboxylic acid groups (broad SMARTS) is 1. The molecule has 0 aromatic heterocycles. The molecule has 0 atom stereocenters. The smallest absolute Gasteiger partial charge is 0.303 e. The lowest BCUT2D eigenvalue weighted by Crippen LogP contribution is -1.94. The Hall–Kier alpha value is 0.170. The highest BCUT2D eigenvalue weighted by Gasteiger charge is 1.96. The van der Waals surface area contributed by atoms with Gasteiger partial charge in [-0.2, -0.15) is 0 Å². The van der Waals surface area contributed by atoms with E-state index in [0.29, 0.717) is 6.42 Å². The van der Waals surface area contributed by atoms with E-state index in [1.54, 1.807) is 10.8 Å². The van der Waals surface area contributed by atoms with E-state index in [-0.39, 0.29) is 0 Å². The van der Waals surface area contributed by atoms with Crippen molar-refractivity contribution < 1.29 is 9.90 Å². The Morgan fingerprint density at radius 2 is 1.83 bits per heavy atom. The molecule has 2 nitrogen and oxygen atoms in total. The van der Waals surface area contributed by atoms with Crippen LogP contribution in [0.25, 0.3) is 0 Å². The molecule has 0 aromatic carbocycles. The van der Waals surface area contributed by atoms with Gasteiger partial charge in [0, 0.05) is 17.9 Å². The fourth-order valence-electron chi connectivity index (χ4n) is 0.603. The van der Waals surface area contributed by atoms with Gasteiger partial charge in [0.25, 0.3) is 0 Å². The van der Waals surface area contributed by atoms with Crippen molar-refractivity contribution in [2.24, 2.45) is 0 Å². The minimum absolute atomic E-state index is 0.307. The first-order valence-corrected chi connectivity index (χ1v) is 6.72. The summed E-state index contributed by atoms with van der Waals surface area (Å²) in [5.41, 5.74) is 0. The molecular weight excluding hydrogens is 192 g/mol. The highest BCUT2D eigenvalue weighted by molar-refractivity contribution is 8.76. The highest BCUT2D eigenvalue weighted by Crippen LogP contribution is 2.23. The first kappa shape index (κ1) is 12.2. The maximum absolute atomic E-state index is 10.1. The third kappa shape index (κ3) is 10.2. The van der Waals surface area contributed by atoms with Gasteiger partial charge in [-0.25, -0.2) is 0 Å². The molecule has 0 aliphatic carbocycles. The third-order valence-corrected chi connectivity index (χ3v) is 3.86. The predicted octanol–water partition coefficient (Wildman–Crippen LogP) is 3.03. The van der Waals surface area contributed by atoms with Gasteiger partial charge in [-0.15, -0.1) is 0 Å². The summed E-state index contributed by atoms with van der Waals surface area (Å²) in [6.45, 7) is 2.18. The van der Waals surface area contributed by atoms with Gasteiger partial charge in [-0.3, -0.25) is 4.79 Å². The summed E-state index contributed by atoms with van der Waals surface area (Å²) in [5, 5.41) is 8.34. The number of carbonyl (C=O) groups is 1. The second-order valence-corrected chi connectivity index (χ2v) is 5.20. The van der Waals surface area contributed by atoms with Crippen LogP contribution in [0.1, 0.15) is 32.6 Å². The van der Waals surface area contributed by atoms with Crippen molar-refractivity contribution in [1.82, 2.24) is 0 Å². The van der Waals surface area contributed by atoms with Crippen LogP contribution in [-0.4, -0.2) is 22.6 Å². The Bertz CT molecular complexity index is 118. The Morgan fingerprint density at radius 3 is 2.33 bits per heavy atom. The van der Waals surface area contributed by atoms with Crippen molar-refractivity contribution in [2.45, 2.75) is 32.6 Å². The van der Waals surface area contributed by atoms with E-state index < -0.39 is 5.97 Å². The van der Waals surface area contributed by atoms with Gasteiger partial charge in [0.15, 0.2) is 0 Å². The van der Waals surface area contributed by atoms with Crippen LogP contribution in [0.3, 0.4) is 0 Å². The van der Waals surface area contributed by atoms with Crippen LogP contribution in [0.4, 0.5) is 0 Å². The molecule has 0 rings (SSSR count). The van der Waals surface area contributed by atoms with Crippen molar-refractivity contribution in [3.05, 3.63) is 0 Å². The molecule has 0 aromatic rings. The molecule has 0 radical (unpaired) electrons. The second-order valence-electron chi connectivity index (χ2n) is 2.49. The molecule has 0 fully saturated rings. The summed E-state index contributed by atoms with van der Waals surface area (Å²) in [5.74, 6) is 1.46. The van der Waals surface area contributed by atoms with Crippen molar-refractivity contribution in [2.75, 3.05) is 11.5 Å². The number of aliphatic carboxylic acids is 1. The maximum atomic E-state index is 10.1. The van der Waals surface area contributed by atoms with Crippen molar-refractivity contribution >= 4 is 27.6 Å². The van der Waals surface area contributed by atoms with E-state index in [4.69, 9.17) is 5.11 Å². The quantitative estimate of drug-likeness (QED) is 0.491. The normalized spacial score (nSPS) is 10.1. The Morgan fingerprint density at radius 1 is 1.25 bits per heavy atom. The molecule has 0 amide bonds. The zero-order valence-electron chi connectivity index (χ0n) is 7.41. The van der Waals surface area contributed by atoms with Gasteiger partial charge in [0.2, 0.25) is 0 Å². The number of hydrogen-bond acceptors (Lipinski definition) is 3. The fraction of sp³-hybridized carbons (Fsp3) is 0.875. The van der Waals surface area contributed by atoms with E-state index in [1.165, 1.54) is 18.6 Å². The molecule has 4 heteroatoms. The Kier molecular flexibility index (Phi) is 9.39. The molecule has 1 N–H and O–H groups in total. The van der Waals surface area contributed by atoms with E-state index >= 15 is 0 Å². The van der Waals surface area contributed by atoms with Crippen LogP contribution in [0.15, 0.2) is 0 Å². The topological polar surface area (TPSA) is 37.3 Å². The average Bonchev–Trinajstić information content (AvgIpc) is 2.02. The number of hydrogen-bond donors (Lipinski definition) is 1. The molecule has 0 heterocycles. The Labute approximate surface area is 81.9 Å². The minimum atomic E-state index is -0.686. The van der Waals surface area contributed by atoms with E-state index in [0.717, 1.165) is 12.2 Å². The number of rotatable bonds is 8. The van der Waals surface area contributed by atoms with Crippen molar-refractivity contribution in [3.63, 3.8) is 0 Å². The second kappa shape index (κ2) is 9.26. The van der Waals surface area contributed by atoms with E-state index in [1.807, 2.05) is 10.8 Å². The Balaban J connectivity index is 2.86. The van der Waals surface area contributed by atoms with Gasteiger partial charge in [-0.1, -0.05) is 34.9 Å². The molecule has 0 unspecified atom stereocenters. The van der Waals surface area contributed by atoms with Gasteiger partial charge in [-0.05, 0) is 12.8 Å². The van der Waals surface area contributed by atoms with Crippen LogP contribution in [0.5, 0.6) is 0 Å². The zero-order chi connectivity index (χ0) is 9.23. The van der Waals surface area contributed by atoms with Crippen LogP contribution < -0.4 is 0 Å². The molecule has 0 bridgehead atoms. The summed E-state index contributed by atoms with van der Waals surface area (Å²) in [6.07, 6.45) is 3.60. The first-order chi connectivity index (χ1) is 5.77. The highest BCUT2D eigenvalue weighted by atomic mass is 33.1. The maximum Gasteiger partial charge on any atom is 0.303 e. The molecule has 0 aliphatic heterocycles. The number of carboxylic acids is 1. The lowest BCUT2D eigenvalue weighted by Gasteiger charge is -1.97. The van der Waals surface area contributed by atoms with Crippen molar-refractivity contribution in [1.29, 1.82) is 0 Å².